The van der Waals surface area contributed by atoms with Gasteiger partial charge in [-0.3, -0.25) is 19.4 Å². The lowest BCUT2D eigenvalue weighted by molar-refractivity contribution is -0.137. The van der Waals surface area contributed by atoms with Gasteiger partial charge < -0.3 is 9.80 Å². The molecular formula is C27H33N5O3. The number of hydrogen-bond acceptors (Lipinski definition) is 5. The first-order valence-corrected chi connectivity index (χ1v) is 12.6. The molecule has 1 aromatic heterocycles. The number of pyridine rings is 1. The lowest BCUT2D eigenvalue weighted by Crippen LogP contribution is -2.51. The van der Waals surface area contributed by atoms with Gasteiger partial charge in [-0.05, 0) is 55.4 Å². The summed E-state index contributed by atoms with van der Waals surface area (Å²) in [4.78, 5) is 50.8. The number of hydrogen-bond donors (Lipinski definition) is 0. The van der Waals surface area contributed by atoms with Gasteiger partial charge in [-0.1, -0.05) is 24.3 Å². The average molecular weight is 476 g/mol. The number of piperazine rings is 1. The maximum atomic E-state index is 13.2. The molecule has 1 saturated heterocycles. The zero-order valence-electron chi connectivity index (χ0n) is 20.3. The van der Waals surface area contributed by atoms with Crippen LogP contribution in [-0.4, -0.2) is 72.4 Å². The van der Waals surface area contributed by atoms with E-state index in [4.69, 9.17) is 0 Å². The van der Waals surface area contributed by atoms with Crippen LogP contribution >= 0.6 is 0 Å². The summed E-state index contributed by atoms with van der Waals surface area (Å²) in [5.41, 5.74) is 1.68. The maximum Gasteiger partial charge on any atom is 0.330 e. The summed E-state index contributed by atoms with van der Waals surface area (Å²) in [6, 6.07) is 13.2. The van der Waals surface area contributed by atoms with Crippen LogP contribution < -0.4 is 9.80 Å². The Bertz CT molecular complexity index is 1080. The summed E-state index contributed by atoms with van der Waals surface area (Å²) in [7, 11) is 1.73. The molecule has 1 saturated carbocycles. The Kier molecular flexibility index (Phi) is 6.70. The van der Waals surface area contributed by atoms with E-state index in [2.05, 4.69) is 9.88 Å². The molecule has 2 aliphatic heterocycles. The predicted octanol–water partition coefficient (Wildman–Crippen LogP) is 3.18. The minimum Gasteiger partial charge on any atom is -0.353 e. The van der Waals surface area contributed by atoms with Gasteiger partial charge in [0, 0.05) is 57.6 Å². The largest absolute Gasteiger partial charge is 0.353 e. The van der Waals surface area contributed by atoms with Crippen molar-refractivity contribution < 1.29 is 14.4 Å². The number of urea groups is 1. The summed E-state index contributed by atoms with van der Waals surface area (Å²) in [6.45, 7) is 3.47. The van der Waals surface area contributed by atoms with Crippen molar-refractivity contribution in [3.05, 3.63) is 54.2 Å². The van der Waals surface area contributed by atoms with Crippen LogP contribution in [0.4, 0.5) is 16.3 Å². The molecule has 4 amide bonds. The van der Waals surface area contributed by atoms with E-state index in [0.717, 1.165) is 68.9 Å². The second kappa shape index (κ2) is 10.1. The van der Waals surface area contributed by atoms with Crippen molar-refractivity contribution in [2.24, 2.45) is 11.8 Å². The van der Waals surface area contributed by atoms with Crippen LogP contribution in [0.25, 0.3) is 0 Å². The van der Waals surface area contributed by atoms with E-state index in [-0.39, 0.29) is 36.1 Å². The molecule has 3 aliphatic rings. The van der Waals surface area contributed by atoms with Crippen molar-refractivity contribution in [1.29, 1.82) is 0 Å². The molecule has 3 heterocycles. The molecule has 1 aliphatic carbocycles. The first kappa shape index (κ1) is 23.3. The number of amides is 4. The van der Waals surface area contributed by atoms with Crippen molar-refractivity contribution in [2.75, 3.05) is 49.6 Å². The van der Waals surface area contributed by atoms with Crippen LogP contribution in [0.1, 0.15) is 31.2 Å². The number of carbonyl (C=O) groups excluding carboxylic acids is 3. The fraction of sp³-hybridized carbons (Fsp3) is 0.481. The molecular weight excluding hydrogens is 442 g/mol. The highest BCUT2D eigenvalue weighted by Crippen LogP contribution is 2.33. The van der Waals surface area contributed by atoms with Crippen molar-refractivity contribution >= 4 is 29.4 Å². The number of aromatic nitrogens is 1. The number of imide groups is 1. The molecule has 0 N–H and O–H groups in total. The Morgan fingerprint density at radius 3 is 2.37 bits per heavy atom. The van der Waals surface area contributed by atoms with E-state index >= 15 is 0 Å². The highest BCUT2D eigenvalue weighted by atomic mass is 16.2. The molecule has 8 nitrogen and oxygen atoms in total. The Labute approximate surface area is 206 Å². The monoisotopic (exact) mass is 475 g/mol. The summed E-state index contributed by atoms with van der Waals surface area (Å²) in [5.74, 6) is 1.35. The lowest BCUT2D eigenvalue weighted by Gasteiger charge is -2.38. The lowest BCUT2D eigenvalue weighted by atomic mass is 9.81. The van der Waals surface area contributed by atoms with Gasteiger partial charge in [0.25, 0.3) is 0 Å². The summed E-state index contributed by atoms with van der Waals surface area (Å²) >= 11 is 0. The van der Waals surface area contributed by atoms with E-state index < -0.39 is 0 Å². The quantitative estimate of drug-likeness (QED) is 0.679. The Balaban J connectivity index is 1.13. The third-order valence-electron chi connectivity index (χ3n) is 7.71. The number of anilines is 2. The third-order valence-corrected chi connectivity index (χ3v) is 7.71. The molecule has 8 heteroatoms. The van der Waals surface area contributed by atoms with Gasteiger partial charge in [-0.25, -0.2) is 9.78 Å². The Morgan fingerprint density at radius 2 is 1.66 bits per heavy atom. The van der Waals surface area contributed by atoms with Crippen LogP contribution in [-0.2, 0) is 16.0 Å². The fourth-order valence-corrected chi connectivity index (χ4v) is 5.62. The second-order valence-corrected chi connectivity index (χ2v) is 9.87. The topological polar surface area (TPSA) is 77.1 Å². The number of carbonyl (C=O) groups is 3. The van der Waals surface area contributed by atoms with Gasteiger partial charge >= 0.3 is 6.03 Å². The highest BCUT2D eigenvalue weighted by Gasteiger charge is 2.36. The number of para-hydroxylation sites is 1. The maximum absolute atomic E-state index is 13.2. The molecule has 5 rings (SSSR count). The van der Waals surface area contributed by atoms with Crippen molar-refractivity contribution in [3.63, 3.8) is 0 Å². The molecule has 35 heavy (non-hydrogen) atoms. The first-order chi connectivity index (χ1) is 17.0. The Hall–Kier alpha value is -3.42. The van der Waals surface area contributed by atoms with Crippen LogP contribution in [0.3, 0.4) is 0 Å². The average Bonchev–Trinajstić information content (AvgIpc) is 2.99. The standard InChI is InChI=1S/C27H33N5O3/c1-29-23-7-3-2-6-22(23)18-25(33)32(27(29)35)19-20-9-11-21(12-10-20)26(34)31-16-14-30(15-17-31)24-8-4-5-13-28-24/h2-8,13,20-21H,9-12,14-19H2,1H3. The van der Waals surface area contributed by atoms with Gasteiger partial charge in [0.15, 0.2) is 0 Å². The van der Waals surface area contributed by atoms with Crippen molar-refractivity contribution in [3.8, 4) is 0 Å². The molecule has 2 aromatic rings. The third kappa shape index (κ3) is 4.88. The first-order valence-electron chi connectivity index (χ1n) is 12.6. The van der Waals surface area contributed by atoms with Gasteiger partial charge in [0.2, 0.25) is 11.8 Å². The molecule has 0 atom stereocenters. The molecule has 0 spiro atoms. The summed E-state index contributed by atoms with van der Waals surface area (Å²) in [5, 5.41) is 0. The molecule has 184 valence electrons. The van der Waals surface area contributed by atoms with Crippen LogP contribution in [0.15, 0.2) is 48.7 Å². The van der Waals surface area contributed by atoms with E-state index in [1.807, 2.05) is 47.4 Å². The van der Waals surface area contributed by atoms with E-state index in [1.165, 1.54) is 4.90 Å². The minimum atomic E-state index is -0.260. The van der Waals surface area contributed by atoms with Gasteiger partial charge in [0.1, 0.15) is 5.82 Å². The number of fused-ring (bicyclic) bond motifs is 1. The van der Waals surface area contributed by atoms with E-state index in [0.29, 0.717) is 6.54 Å². The summed E-state index contributed by atoms with van der Waals surface area (Å²) < 4.78 is 0. The highest BCUT2D eigenvalue weighted by molar-refractivity contribution is 6.06. The van der Waals surface area contributed by atoms with Gasteiger partial charge in [-0.2, -0.15) is 0 Å². The predicted molar refractivity (Wildman–Crippen MR) is 134 cm³/mol. The minimum absolute atomic E-state index is 0.0371. The molecule has 0 unspecified atom stereocenters. The van der Waals surface area contributed by atoms with Gasteiger partial charge in [-0.15, -0.1) is 0 Å². The zero-order chi connectivity index (χ0) is 24.4. The smallest absolute Gasteiger partial charge is 0.330 e. The zero-order valence-corrected chi connectivity index (χ0v) is 20.3. The number of nitrogens with zero attached hydrogens (tertiary/aromatic N) is 5. The Morgan fingerprint density at radius 1 is 0.943 bits per heavy atom. The molecule has 2 fully saturated rings. The van der Waals surface area contributed by atoms with Crippen LogP contribution in [0.5, 0.6) is 0 Å². The molecule has 0 radical (unpaired) electrons. The summed E-state index contributed by atoms with van der Waals surface area (Å²) in [6.07, 6.45) is 5.39. The van der Waals surface area contributed by atoms with Crippen LogP contribution in [0, 0.1) is 11.8 Å². The normalized spacial score (nSPS) is 23.2. The van der Waals surface area contributed by atoms with Crippen molar-refractivity contribution in [1.82, 2.24) is 14.8 Å². The molecule has 1 aromatic carbocycles. The number of rotatable bonds is 4. The van der Waals surface area contributed by atoms with E-state index in [9.17, 15) is 14.4 Å². The fourth-order valence-electron chi connectivity index (χ4n) is 5.62. The second-order valence-electron chi connectivity index (χ2n) is 9.87. The van der Waals surface area contributed by atoms with Gasteiger partial charge in [0.05, 0.1) is 6.42 Å². The molecule has 0 bridgehead atoms. The van der Waals surface area contributed by atoms with Crippen molar-refractivity contribution in [2.45, 2.75) is 32.1 Å². The number of benzene rings is 1. The van der Waals surface area contributed by atoms with Crippen LogP contribution in [0.2, 0.25) is 0 Å². The van der Waals surface area contributed by atoms with E-state index in [1.54, 1.807) is 18.1 Å². The SMILES string of the molecule is CN1C(=O)N(CC2CCC(C(=O)N3CCN(c4ccccn4)CC3)CC2)C(=O)Cc2ccccc21.